The first-order chi connectivity index (χ1) is 12.5. The van der Waals surface area contributed by atoms with E-state index in [0.717, 1.165) is 35.1 Å². The summed E-state index contributed by atoms with van der Waals surface area (Å²) in [6, 6.07) is 11.5. The molecule has 0 saturated heterocycles. The van der Waals surface area contributed by atoms with E-state index in [0.29, 0.717) is 0 Å². The molecule has 0 heterocycles. The summed E-state index contributed by atoms with van der Waals surface area (Å²) in [6.07, 6.45) is 9.12. The summed E-state index contributed by atoms with van der Waals surface area (Å²) < 4.78 is 0. The number of benzene rings is 2. The average molecular weight is 351 g/mol. The zero-order chi connectivity index (χ0) is 19.2. The van der Waals surface area contributed by atoms with Gasteiger partial charge >= 0.3 is 0 Å². The van der Waals surface area contributed by atoms with Crippen molar-refractivity contribution < 1.29 is 10.2 Å². The van der Waals surface area contributed by atoms with Gasteiger partial charge in [0, 0.05) is 16.5 Å². The Hall–Kier alpha value is -2.48. The lowest BCUT2D eigenvalue weighted by atomic mass is 9.72. The Bertz CT molecular complexity index is 716. The first-order valence-corrected chi connectivity index (χ1v) is 9.38. The summed E-state index contributed by atoms with van der Waals surface area (Å²) in [5, 5.41) is 20.0. The standard InChI is InChI=1S/C24H30O2/c1-5-8-9-10-15-24(4,20-11-13-22(25)18(6-2)16-20)21-12-14-23(26)19(7-3)17-21/h6-7,11-14,16-17,25-26H,2-3,5,8-10,15H2,1,4H3. The Morgan fingerprint density at radius 2 is 1.35 bits per heavy atom. The van der Waals surface area contributed by atoms with Gasteiger partial charge in [-0.2, -0.15) is 0 Å². The van der Waals surface area contributed by atoms with Crippen LogP contribution in [0.2, 0.25) is 0 Å². The van der Waals surface area contributed by atoms with Gasteiger partial charge in [0.05, 0.1) is 0 Å². The Morgan fingerprint density at radius 3 is 1.77 bits per heavy atom. The summed E-state index contributed by atoms with van der Waals surface area (Å²) >= 11 is 0. The molecule has 0 aliphatic carbocycles. The molecule has 0 aromatic heterocycles. The monoisotopic (exact) mass is 350 g/mol. The van der Waals surface area contributed by atoms with Crippen molar-refractivity contribution in [2.45, 2.75) is 51.4 Å². The summed E-state index contributed by atoms with van der Waals surface area (Å²) in [5.74, 6) is 0.490. The van der Waals surface area contributed by atoms with Crippen LogP contribution in [0.5, 0.6) is 11.5 Å². The van der Waals surface area contributed by atoms with Crippen molar-refractivity contribution >= 4 is 12.2 Å². The zero-order valence-electron chi connectivity index (χ0n) is 16.0. The van der Waals surface area contributed by atoms with E-state index in [1.165, 1.54) is 19.3 Å². The van der Waals surface area contributed by atoms with Crippen LogP contribution in [0.1, 0.15) is 68.2 Å². The van der Waals surface area contributed by atoms with Crippen LogP contribution >= 0.6 is 0 Å². The van der Waals surface area contributed by atoms with Crippen molar-refractivity contribution in [3.8, 4) is 11.5 Å². The van der Waals surface area contributed by atoms with Crippen LogP contribution < -0.4 is 0 Å². The van der Waals surface area contributed by atoms with Crippen molar-refractivity contribution in [3.05, 3.63) is 71.8 Å². The van der Waals surface area contributed by atoms with Gasteiger partial charge in [0.25, 0.3) is 0 Å². The second-order valence-corrected chi connectivity index (χ2v) is 7.10. The third-order valence-corrected chi connectivity index (χ3v) is 5.30. The van der Waals surface area contributed by atoms with E-state index in [4.69, 9.17) is 0 Å². The maximum atomic E-state index is 10.0. The average Bonchev–Trinajstić information content (AvgIpc) is 2.65. The summed E-state index contributed by atoms with van der Waals surface area (Å²) in [7, 11) is 0. The zero-order valence-corrected chi connectivity index (χ0v) is 16.0. The number of hydrogen-bond donors (Lipinski definition) is 2. The molecule has 0 aliphatic rings. The van der Waals surface area contributed by atoms with E-state index in [1.807, 2.05) is 24.3 Å². The Morgan fingerprint density at radius 1 is 0.846 bits per heavy atom. The molecule has 0 fully saturated rings. The molecule has 2 N–H and O–H groups in total. The maximum Gasteiger partial charge on any atom is 0.122 e. The molecule has 0 saturated carbocycles. The fraction of sp³-hybridized carbons (Fsp3) is 0.333. The first-order valence-electron chi connectivity index (χ1n) is 9.38. The molecule has 0 bridgehead atoms. The van der Waals surface area contributed by atoms with E-state index >= 15 is 0 Å². The largest absolute Gasteiger partial charge is 0.507 e. The van der Waals surface area contributed by atoms with Crippen molar-refractivity contribution in [3.63, 3.8) is 0 Å². The molecule has 138 valence electrons. The van der Waals surface area contributed by atoms with Crippen molar-refractivity contribution in [2.24, 2.45) is 0 Å². The second kappa shape index (κ2) is 8.75. The van der Waals surface area contributed by atoms with Crippen LogP contribution in [-0.2, 0) is 5.41 Å². The molecular formula is C24H30O2. The van der Waals surface area contributed by atoms with Crippen LogP contribution in [0, 0.1) is 0 Å². The molecule has 2 heteroatoms. The summed E-state index contributed by atoms with van der Waals surface area (Å²) in [5.41, 5.74) is 3.55. The van der Waals surface area contributed by atoms with Crippen molar-refractivity contribution in [1.82, 2.24) is 0 Å². The van der Waals surface area contributed by atoms with E-state index in [1.54, 1.807) is 24.3 Å². The van der Waals surface area contributed by atoms with Gasteiger partial charge in [0.2, 0.25) is 0 Å². The predicted molar refractivity (Wildman–Crippen MR) is 112 cm³/mol. The molecule has 26 heavy (non-hydrogen) atoms. The molecule has 0 radical (unpaired) electrons. The topological polar surface area (TPSA) is 40.5 Å². The third kappa shape index (κ3) is 4.19. The highest BCUT2D eigenvalue weighted by molar-refractivity contribution is 5.60. The quantitative estimate of drug-likeness (QED) is 0.496. The number of phenolic OH excluding ortho intramolecular Hbond substituents is 2. The van der Waals surface area contributed by atoms with Gasteiger partial charge in [0.1, 0.15) is 11.5 Å². The minimum absolute atomic E-state index is 0.218. The smallest absolute Gasteiger partial charge is 0.122 e. The highest BCUT2D eigenvalue weighted by Gasteiger charge is 2.29. The fourth-order valence-corrected chi connectivity index (χ4v) is 3.48. The molecule has 0 atom stereocenters. The van der Waals surface area contributed by atoms with Crippen LogP contribution in [-0.4, -0.2) is 10.2 Å². The molecule has 2 rings (SSSR count). The lowest BCUT2D eigenvalue weighted by Crippen LogP contribution is -2.24. The second-order valence-electron chi connectivity index (χ2n) is 7.10. The number of hydrogen-bond acceptors (Lipinski definition) is 2. The van der Waals surface area contributed by atoms with E-state index in [2.05, 4.69) is 27.0 Å². The van der Waals surface area contributed by atoms with Gasteiger partial charge < -0.3 is 10.2 Å². The SMILES string of the molecule is C=Cc1cc(C(C)(CCCCCC)c2ccc(O)c(C=C)c2)ccc1O. The van der Waals surface area contributed by atoms with Gasteiger partial charge in [-0.1, -0.05) is 77.0 Å². The number of unbranched alkanes of at least 4 members (excludes halogenated alkanes) is 3. The van der Waals surface area contributed by atoms with E-state index < -0.39 is 0 Å². The van der Waals surface area contributed by atoms with Gasteiger partial charge in [-0.3, -0.25) is 0 Å². The lowest BCUT2D eigenvalue weighted by Gasteiger charge is -2.32. The van der Waals surface area contributed by atoms with Gasteiger partial charge in [-0.15, -0.1) is 0 Å². The first kappa shape index (κ1) is 19.8. The Labute approximate surface area is 157 Å². The molecule has 0 spiro atoms. The fourth-order valence-electron chi connectivity index (χ4n) is 3.48. The van der Waals surface area contributed by atoms with E-state index in [9.17, 15) is 10.2 Å². The highest BCUT2D eigenvalue weighted by atomic mass is 16.3. The minimum Gasteiger partial charge on any atom is -0.507 e. The van der Waals surface area contributed by atoms with Crippen LogP contribution in [0.4, 0.5) is 0 Å². The Balaban J connectivity index is 2.51. The van der Waals surface area contributed by atoms with Crippen LogP contribution in [0.25, 0.3) is 12.2 Å². The van der Waals surface area contributed by atoms with E-state index in [-0.39, 0.29) is 16.9 Å². The molecule has 0 aliphatic heterocycles. The minimum atomic E-state index is -0.218. The predicted octanol–water partition coefficient (Wildman–Crippen LogP) is 6.66. The normalized spacial score (nSPS) is 11.3. The maximum absolute atomic E-state index is 10.0. The molecule has 2 nitrogen and oxygen atoms in total. The molecule has 2 aromatic carbocycles. The van der Waals surface area contributed by atoms with Gasteiger partial charge in [-0.05, 0) is 41.8 Å². The van der Waals surface area contributed by atoms with Crippen molar-refractivity contribution in [2.75, 3.05) is 0 Å². The van der Waals surface area contributed by atoms with Gasteiger partial charge in [-0.25, -0.2) is 0 Å². The molecule has 0 unspecified atom stereocenters. The van der Waals surface area contributed by atoms with Crippen molar-refractivity contribution in [1.29, 1.82) is 0 Å². The molecular weight excluding hydrogens is 320 g/mol. The number of rotatable bonds is 9. The molecule has 0 amide bonds. The number of aromatic hydroxyl groups is 2. The third-order valence-electron chi connectivity index (χ3n) is 5.30. The summed E-state index contributed by atoms with van der Waals surface area (Å²) in [4.78, 5) is 0. The lowest BCUT2D eigenvalue weighted by molar-refractivity contribution is 0.461. The Kier molecular flexibility index (Phi) is 6.68. The van der Waals surface area contributed by atoms with Crippen LogP contribution in [0.15, 0.2) is 49.6 Å². The highest BCUT2D eigenvalue weighted by Crippen LogP contribution is 2.40. The number of phenols is 2. The van der Waals surface area contributed by atoms with Gasteiger partial charge in [0.15, 0.2) is 0 Å². The summed E-state index contributed by atoms with van der Waals surface area (Å²) in [6.45, 7) is 12.1. The van der Waals surface area contributed by atoms with Crippen LogP contribution in [0.3, 0.4) is 0 Å². The molecule has 2 aromatic rings.